The molecule has 11 heavy (non-hydrogen) atoms. The van der Waals surface area contributed by atoms with Crippen molar-refractivity contribution in [2.45, 2.75) is 0 Å². The summed E-state index contributed by atoms with van der Waals surface area (Å²) >= 11 is 0. The lowest BCUT2D eigenvalue weighted by atomic mass is 10.7. The Kier molecular flexibility index (Phi) is 5.03. The second-order valence-corrected chi connectivity index (χ2v) is 1.91. The summed E-state index contributed by atoms with van der Waals surface area (Å²) in [5.74, 6) is -1.25. The molecule has 0 radical (unpaired) electrons. The zero-order valence-corrected chi connectivity index (χ0v) is 6.70. The average molecular weight is 174 g/mol. The Hall–Kier alpha value is -1.15. The second kappa shape index (κ2) is 5.62. The van der Waals surface area contributed by atoms with Crippen LogP contribution in [0.3, 0.4) is 0 Å². The van der Waals surface area contributed by atoms with Crippen LogP contribution in [-0.4, -0.2) is 11.9 Å². The largest absolute Gasteiger partial charge is 0.406 e. The Labute approximate surface area is 65.8 Å². The first-order valence-electron chi connectivity index (χ1n) is 2.62. The van der Waals surface area contributed by atoms with E-state index in [1.165, 1.54) is 0 Å². The molecule has 0 aliphatic rings. The van der Waals surface area contributed by atoms with Crippen LogP contribution >= 0.6 is 9.03 Å². The van der Waals surface area contributed by atoms with E-state index in [0.717, 1.165) is 12.2 Å². The lowest BCUT2D eigenvalue weighted by Gasteiger charge is -1.98. The van der Waals surface area contributed by atoms with Crippen LogP contribution in [0.2, 0.25) is 0 Å². The van der Waals surface area contributed by atoms with Gasteiger partial charge in [-0.3, -0.25) is 0 Å². The molecule has 0 saturated carbocycles. The smallest absolute Gasteiger partial charge is 0.335 e. The normalized spacial score (nSPS) is 8.00. The van der Waals surface area contributed by atoms with E-state index >= 15 is 0 Å². The van der Waals surface area contributed by atoms with Gasteiger partial charge in [-0.25, -0.2) is 9.59 Å². The van der Waals surface area contributed by atoms with E-state index in [1.807, 2.05) is 0 Å². The van der Waals surface area contributed by atoms with E-state index in [-0.39, 0.29) is 0 Å². The Morgan fingerprint density at radius 2 is 1.45 bits per heavy atom. The monoisotopic (exact) mass is 174 g/mol. The zero-order chi connectivity index (χ0) is 8.69. The highest BCUT2D eigenvalue weighted by atomic mass is 31.1. The number of rotatable bonds is 4. The number of hydrogen-bond acceptors (Lipinski definition) is 4. The van der Waals surface area contributed by atoms with Crippen LogP contribution in [0.1, 0.15) is 0 Å². The minimum atomic E-state index is -0.635. The molecule has 5 heteroatoms. The zero-order valence-electron chi connectivity index (χ0n) is 5.70. The van der Waals surface area contributed by atoms with Crippen molar-refractivity contribution in [3.63, 3.8) is 0 Å². The molecule has 0 spiro atoms. The van der Waals surface area contributed by atoms with Gasteiger partial charge in [0.2, 0.25) is 0 Å². The van der Waals surface area contributed by atoms with Gasteiger partial charge in [0.05, 0.1) is 0 Å². The van der Waals surface area contributed by atoms with E-state index in [1.54, 1.807) is 0 Å². The quantitative estimate of drug-likeness (QED) is 0.470. The summed E-state index contributed by atoms with van der Waals surface area (Å²) in [6.45, 7) is 6.30. The highest BCUT2D eigenvalue weighted by Gasteiger charge is 1.98. The van der Waals surface area contributed by atoms with Gasteiger partial charge in [0.15, 0.2) is 0 Å². The van der Waals surface area contributed by atoms with Crippen molar-refractivity contribution in [1.82, 2.24) is 0 Å². The summed E-state index contributed by atoms with van der Waals surface area (Å²) in [4.78, 5) is 20.7. The summed E-state index contributed by atoms with van der Waals surface area (Å²) in [5.41, 5.74) is 0. The number of carbonyl (C=O) groups is 2. The minimum Gasteiger partial charge on any atom is -0.406 e. The van der Waals surface area contributed by atoms with Crippen molar-refractivity contribution in [1.29, 1.82) is 0 Å². The van der Waals surface area contributed by atoms with E-state index in [4.69, 9.17) is 0 Å². The van der Waals surface area contributed by atoms with E-state index < -0.39 is 21.0 Å². The van der Waals surface area contributed by atoms with Gasteiger partial charge < -0.3 is 9.05 Å². The molecular formula is C6H7O4P. The summed E-state index contributed by atoms with van der Waals surface area (Å²) < 4.78 is 8.69. The highest BCUT2D eigenvalue weighted by Crippen LogP contribution is 2.13. The molecular weight excluding hydrogens is 167 g/mol. The van der Waals surface area contributed by atoms with Gasteiger partial charge >= 0.3 is 11.9 Å². The third-order valence-corrected chi connectivity index (χ3v) is 1.19. The van der Waals surface area contributed by atoms with Crippen LogP contribution in [0.25, 0.3) is 0 Å². The summed E-state index contributed by atoms with van der Waals surface area (Å²) in [6.07, 6.45) is 1.96. The van der Waals surface area contributed by atoms with Crippen molar-refractivity contribution in [3.8, 4) is 0 Å². The molecule has 0 N–H and O–H groups in total. The molecule has 0 fully saturated rings. The first-order valence-corrected chi connectivity index (χ1v) is 3.44. The van der Waals surface area contributed by atoms with Gasteiger partial charge in [0, 0.05) is 12.2 Å². The molecule has 0 aromatic rings. The second-order valence-electron chi connectivity index (χ2n) is 1.33. The molecule has 0 rings (SSSR count). The van der Waals surface area contributed by atoms with Gasteiger partial charge in [0.25, 0.3) is 9.03 Å². The van der Waals surface area contributed by atoms with Crippen LogP contribution in [0.4, 0.5) is 0 Å². The van der Waals surface area contributed by atoms with Crippen LogP contribution < -0.4 is 0 Å². The van der Waals surface area contributed by atoms with Crippen LogP contribution in [0.5, 0.6) is 0 Å². The van der Waals surface area contributed by atoms with Gasteiger partial charge in [-0.2, -0.15) is 0 Å². The fourth-order valence-electron chi connectivity index (χ4n) is 0.186. The molecule has 0 atom stereocenters. The standard InChI is InChI=1S/C6H7O4P/c1-3-5(7)9-11-10-6(8)4-2/h3-4,11H,1-2H2. The summed E-state index contributed by atoms with van der Waals surface area (Å²) in [5, 5.41) is 0. The van der Waals surface area contributed by atoms with E-state index in [0.29, 0.717) is 0 Å². The first kappa shape index (κ1) is 9.85. The van der Waals surface area contributed by atoms with Gasteiger partial charge in [-0.05, 0) is 0 Å². The minimum absolute atomic E-state index is 0.625. The molecule has 0 amide bonds. The van der Waals surface area contributed by atoms with Crippen LogP contribution in [0, 0.1) is 0 Å². The summed E-state index contributed by atoms with van der Waals surface area (Å²) in [7, 11) is -0.635. The van der Waals surface area contributed by atoms with Crippen LogP contribution in [-0.2, 0) is 18.6 Å². The van der Waals surface area contributed by atoms with Crippen molar-refractivity contribution in [2.75, 3.05) is 0 Å². The maximum absolute atomic E-state index is 10.3. The predicted octanol–water partition coefficient (Wildman–Crippen LogP) is 0.953. The maximum Gasteiger partial charge on any atom is 0.335 e. The Morgan fingerprint density at radius 1 is 1.09 bits per heavy atom. The molecule has 0 aliphatic carbocycles. The van der Waals surface area contributed by atoms with Crippen molar-refractivity contribution in [2.24, 2.45) is 0 Å². The topological polar surface area (TPSA) is 52.6 Å². The van der Waals surface area contributed by atoms with Crippen molar-refractivity contribution in [3.05, 3.63) is 25.3 Å². The fraction of sp³-hybridized carbons (Fsp3) is 0. The lowest BCUT2D eigenvalue weighted by Crippen LogP contribution is -1.95. The molecule has 0 aliphatic heterocycles. The number of hydrogen-bond donors (Lipinski definition) is 0. The highest BCUT2D eigenvalue weighted by molar-refractivity contribution is 7.27. The molecule has 0 bridgehead atoms. The molecule has 0 aromatic heterocycles. The average Bonchev–Trinajstić information content (AvgIpc) is 2.04. The molecule has 0 saturated heterocycles. The fourth-order valence-corrected chi connectivity index (χ4v) is 0.559. The van der Waals surface area contributed by atoms with Gasteiger partial charge in [-0.1, -0.05) is 13.2 Å². The van der Waals surface area contributed by atoms with Crippen LogP contribution in [0.15, 0.2) is 25.3 Å². The molecule has 4 nitrogen and oxygen atoms in total. The first-order chi connectivity index (χ1) is 5.20. The van der Waals surface area contributed by atoms with E-state index in [9.17, 15) is 9.59 Å². The van der Waals surface area contributed by atoms with Crippen molar-refractivity contribution < 1.29 is 18.6 Å². The molecule has 0 unspecified atom stereocenters. The summed E-state index contributed by atoms with van der Waals surface area (Å²) in [6, 6.07) is 0. The van der Waals surface area contributed by atoms with Gasteiger partial charge in [0.1, 0.15) is 0 Å². The Balaban J connectivity index is 3.41. The maximum atomic E-state index is 10.3. The predicted molar refractivity (Wildman–Crippen MR) is 40.9 cm³/mol. The third-order valence-electron chi connectivity index (χ3n) is 0.618. The van der Waals surface area contributed by atoms with Gasteiger partial charge in [-0.15, -0.1) is 0 Å². The molecule has 0 aromatic carbocycles. The Morgan fingerprint density at radius 3 is 1.73 bits per heavy atom. The molecule has 0 heterocycles. The Bertz CT molecular complexity index is 167. The van der Waals surface area contributed by atoms with E-state index in [2.05, 4.69) is 22.2 Å². The number of carbonyl (C=O) groups excluding carboxylic acids is 2. The SMILES string of the molecule is C=CC(=O)OPOC(=O)C=C. The third kappa shape index (κ3) is 5.30. The molecule has 60 valence electrons. The lowest BCUT2D eigenvalue weighted by molar-refractivity contribution is -0.131. The van der Waals surface area contributed by atoms with Crippen molar-refractivity contribution >= 4 is 21.0 Å².